The summed E-state index contributed by atoms with van der Waals surface area (Å²) in [5, 5.41) is 0. The molecule has 0 bridgehead atoms. The highest BCUT2D eigenvalue weighted by Gasteiger charge is 2.25. The summed E-state index contributed by atoms with van der Waals surface area (Å²) >= 11 is 3.07. The van der Waals surface area contributed by atoms with Crippen molar-refractivity contribution >= 4 is 27.7 Å². The maximum atomic E-state index is 13.5. The maximum Gasteiger partial charge on any atom is 0.254 e. The minimum absolute atomic E-state index is 0.0618. The van der Waals surface area contributed by atoms with E-state index in [0.717, 1.165) is 0 Å². The molecule has 1 aliphatic heterocycles. The Bertz CT molecular complexity index is 572. The number of carbonyl (C=O) groups excluding carboxylic acids is 2. The van der Waals surface area contributed by atoms with Crippen LogP contribution in [0, 0.1) is 5.82 Å². The lowest BCUT2D eigenvalue weighted by atomic mass is 10.1. The summed E-state index contributed by atoms with van der Waals surface area (Å²) in [4.78, 5) is 29.5. The topological polar surface area (TPSA) is 43.9 Å². The van der Waals surface area contributed by atoms with E-state index in [-0.39, 0.29) is 11.8 Å². The van der Waals surface area contributed by atoms with Gasteiger partial charge in [-0.3, -0.25) is 9.59 Å². The molecule has 1 fully saturated rings. The monoisotopic (exact) mass is 371 g/mol. The highest BCUT2D eigenvalue weighted by atomic mass is 79.9. The van der Waals surface area contributed by atoms with Gasteiger partial charge in [0.2, 0.25) is 5.91 Å². The third-order valence-electron chi connectivity index (χ3n) is 3.54. The molecule has 120 valence electrons. The van der Waals surface area contributed by atoms with Gasteiger partial charge in [-0.1, -0.05) is 0 Å². The SMILES string of the molecule is CN(C)CC(=O)N1CCN(C(=O)c2ccc(Br)c(F)c2)CC1. The smallest absolute Gasteiger partial charge is 0.254 e. The first-order valence-electron chi connectivity index (χ1n) is 7.05. The Kier molecular flexibility index (Phi) is 5.52. The van der Waals surface area contributed by atoms with E-state index in [1.165, 1.54) is 12.1 Å². The molecular weight excluding hydrogens is 353 g/mol. The van der Waals surface area contributed by atoms with Gasteiger partial charge >= 0.3 is 0 Å². The molecule has 7 heteroatoms. The number of halogens is 2. The molecule has 1 aliphatic rings. The summed E-state index contributed by atoms with van der Waals surface area (Å²) in [7, 11) is 3.69. The number of benzene rings is 1. The molecule has 0 spiro atoms. The van der Waals surface area contributed by atoms with E-state index in [4.69, 9.17) is 0 Å². The van der Waals surface area contributed by atoms with E-state index < -0.39 is 5.82 Å². The first-order chi connectivity index (χ1) is 10.4. The first kappa shape index (κ1) is 16.9. The lowest BCUT2D eigenvalue weighted by molar-refractivity contribution is -0.133. The molecule has 0 unspecified atom stereocenters. The van der Waals surface area contributed by atoms with Crippen molar-refractivity contribution < 1.29 is 14.0 Å². The zero-order valence-corrected chi connectivity index (χ0v) is 14.3. The van der Waals surface area contributed by atoms with Crippen LogP contribution in [-0.2, 0) is 4.79 Å². The number of rotatable bonds is 3. The Labute approximate surface area is 137 Å². The number of likely N-dealkylation sites (N-methyl/N-ethyl adjacent to an activating group) is 1. The van der Waals surface area contributed by atoms with Crippen molar-refractivity contribution in [3.63, 3.8) is 0 Å². The lowest BCUT2D eigenvalue weighted by Crippen LogP contribution is -2.52. The molecule has 2 rings (SSSR count). The highest BCUT2D eigenvalue weighted by Crippen LogP contribution is 2.18. The number of amides is 2. The molecule has 1 heterocycles. The van der Waals surface area contributed by atoms with Gasteiger partial charge in [-0.15, -0.1) is 0 Å². The van der Waals surface area contributed by atoms with Crippen LogP contribution < -0.4 is 0 Å². The molecule has 22 heavy (non-hydrogen) atoms. The van der Waals surface area contributed by atoms with Crippen molar-refractivity contribution in [1.82, 2.24) is 14.7 Å². The van der Waals surface area contributed by atoms with Crippen molar-refractivity contribution in [3.05, 3.63) is 34.1 Å². The van der Waals surface area contributed by atoms with Gasteiger partial charge in [-0.25, -0.2) is 4.39 Å². The van der Waals surface area contributed by atoms with E-state index in [1.807, 2.05) is 19.0 Å². The van der Waals surface area contributed by atoms with Crippen LogP contribution in [0.25, 0.3) is 0 Å². The molecule has 1 saturated heterocycles. The molecule has 0 aromatic heterocycles. The fourth-order valence-electron chi connectivity index (χ4n) is 2.34. The van der Waals surface area contributed by atoms with E-state index >= 15 is 0 Å². The molecule has 0 saturated carbocycles. The van der Waals surface area contributed by atoms with E-state index in [0.29, 0.717) is 42.8 Å². The minimum atomic E-state index is -0.453. The van der Waals surface area contributed by atoms with Crippen LogP contribution in [-0.4, -0.2) is 73.3 Å². The van der Waals surface area contributed by atoms with Crippen LogP contribution in [0.2, 0.25) is 0 Å². The highest BCUT2D eigenvalue weighted by molar-refractivity contribution is 9.10. The average Bonchev–Trinajstić information content (AvgIpc) is 2.49. The molecule has 0 aliphatic carbocycles. The van der Waals surface area contributed by atoms with Crippen LogP contribution in [0.3, 0.4) is 0 Å². The Balaban J connectivity index is 1.95. The van der Waals surface area contributed by atoms with Gasteiger partial charge in [0.15, 0.2) is 0 Å². The standard InChI is InChI=1S/C15H19BrFN3O2/c1-18(2)10-14(21)19-5-7-20(8-6-19)15(22)11-3-4-12(16)13(17)9-11/h3-4,9H,5-8,10H2,1-2H3. The quantitative estimate of drug-likeness (QED) is 0.807. The third kappa shape index (κ3) is 4.04. The molecule has 2 amide bonds. The maximum absolute atomic E-state index is 13.5. The average molecular weight is 372 g/mol. The summed E-state index contributed by atoms with van der Waals surface area (Å²) in [6.07, 6.45) is 0. The van der Waals surface area contributed by atoms with Gasteiger partial charge in [0.1, 0.15) is 5.82 Å². The zero-order chi connectivity index (χ0) is 16.3. The summed E-state index contributed by atoms with van der Waals surface area (Å²) in [5.41, 5.74) is 0.328. The fourth-order valence-corrected chi connectivity index (χ4v) is 2.59. The first-order valence-corrected chi connectivity index (χ1v) is 7.84. The predicted octanol–water partition coefficient (Wildman–Crippen LogP) is 1.43. The largest absolute Gasteiger partial charge is 0.338 e. The molecule has 1 aromatic carbocycles. The van der Waals surface area contributed by atoms with Gasteiger partial charge in [-0.05, 0) is 48.2 Å². The molecule has 0 atom stereocenters. The Hall–Kier alpha value is -1.47. The summed E-state index contributed by atoms with van der Waals surface area (Å²) < 4.78 is 13.9. The van der Waals surface area contributed by atoms with Crippen molar-refractivity contribution in [1.29, 1.82) is 0 Å². The van der Waals surface area contributed by atoms with Crippen LogP contribution in [0.1, 0.15) is 10.4 Å². The van der Waals surface area contributed by atoms with Gasteiger partial charge in [0, 0.05) is 31.7 Å². The minimum Gasteiger partial charge on any atom is -0.338 e. The van der Waals surface area contributed by atoms with Crippen molar-refractivity contribution in [2.75, 3.05) is 46.8 Å². The summed E-state index contributed by atoms with van der Waals surface area (Å²) in [5.74, 6) is -0.594. The number of piperazine rings is 1. The Morgan fingerprint density at radius 3 is 2.32 bits per heavy atom. The second kappa shape index (κ2) is 7.19. The molecule has 0 radical (unpaired) electrons. The van der Waals surface area contributed by atoms with Crippen LogP contribution in [0.5, 0.6) is 0 Å². The number of carbonyl (C=O) groups is 2. The Morgan fingerprint density at radius 1 is 1.18 bits per heavy atom. The van der Waals surface area contributed by atoms with Crippen molar-refractivity contribution in [3.8, 4) is 0 Å². The van der Waals surface area contributed by atoms with Crippen molar-refractivity contribution in [2.45, 2.75) is 0 Å². The lowest BCUT2D eigenvalue weighted by Gasteiger charge is -2.35. The molecule has 0 N–H and O–H groups in total. The van der Waals surface area contributed by atoms with Gasteiger partial charge in [0.05, 0.1) is 11.0 Å². The van der Waals surface area contributed by atoms with Gasteiger partial charge in [-0.2, -0.15) is 0 Å². The summed E-state index contributed by atoms with van der Waals surface area (Å²) in [6, 6.07) is 4.36. The van der Waals surface area contributed by atoms with Crippen LogP contribution in [0.4, 0.5) is 4.39 Å². The van der Waals surface area contributed by atoms with E-state index in [2.05, 4.69) is 15.9 Å². The van der Waals surface area contributed by atoms with Crippen molar-refractivity contribution in [2.24, 2.45) is 0 Å². The van der Waals surface area contributed by atoms with Crippen LogP contribution >= 0.6 is 15.9 Å². The molecule has 5 nitrogen and oxygen atoms in total. The molecule has 1 aromatic rings. The van der Waals surface area contributed by atoms with E-state index in [1.54, 1.807) is 15.9 Å². The van der Waals surface area contributed by atoms with Gasteiger partial charge < -0.3 is 14.7 Å². The summed E-state index contributed by atoms with van der Waals surface area (Å²) in [6.45, 7) is 2.33. The predicted molar refractivity (Wildman–Crippen MR) is 85.1 cm³/mol. The van der Waals surface area contributed by atoms with E-state index in [9.17, 15) is 14.0 Å². The zero-order valence-electron chi connectivity index (χ0n) is 12.7. The fraction of sp³-hybridized carbons (Fsp3) is 0.467. The van der Waals surface area contributed by atoms with Gasteiger partial charge in [0.25, 0.3) is 5.91 Å². The second-order valence-electron chi connectivity index (χ2n) is 5.54. The number of nitrogens with zero attached hydrogens (tertiary/aromatic N) is 3. The Morgan fingerprint density at radius 2 is 1.77 bits per heavy atom. The third-order valence-corrected chi connectivity index (χ3v) is 4.18. The van der Waals surface area contributed by atoms with Crippen LogP contribution in [0.15, 0.2) is 22.7 Å². The number of hydrogen-bond donors (Lipinski definition) is 0. The normalized spacial score (nSPS) is 15.3. The second-order valence-corrected chi connectivity index (χ2v) is 6.39. The molecular formula is C15H19BrFN3O2. The number of hydrogen-bond acceptors (Lipinski definition) is 3.